The molecule has 4 rings (SSSR count). The fourth-order valence-corrected chi connectivity index (χ4v) is 2.94. The van der Waals surface area contributed by atoms with E-state index in [9.17, 15) is 0 Å². The van der Waals surface area contributed by atoms with E-state index in [2.05, 4.69) is 26.5 Å². The number of nitrogens with zero attached hydrogens (tertiary/aromatic N) is 6. The van der Waals surface area contributed by atoms with Crippen LogP contribution in [0.4, 0.5) is 5.82 Å². The molecule has 1 aliphatic rings. The van der Waals surface area contributed by atoms with Crippen LogP contribution in [-0.2, 0) is 0 Å². The normalized spacial score (nSPS) is 15.4. The average molecular weight is 314 g/mol. The zero-order valence-corrected chi connectivity index (χ0v) is 12.4. The van der Waals surface area contributed by atoms with Crippen molar-refractivity contribution >= 4 is 34.1 Å². The van der Waals surface area contributed by atoms with E-state index >= 15 is 0 Å². The van der Waals surface area contributed by atoms with Gasteiger partial charge < -0.3 is 10.2 Å². The molecule has 3 aromatic rings. The number of piperazine rings is 1. The summed E-state index contributed by atoms with van der Waals surface area (Å²) in [5.74, 6) is 0.790. The Morgan fingerprint density at radius 1 is 1.27 bits per heavy atom. The third-order valence-corrected chi connectivity index (χ3v) is 4.15. The molecule has 0 bridgehead atoms. The van der Waals surface area contributed by atoms with Crippen molar-refractivity contribution in [1.29, 1.82) is 5.26 Å². The molecule has 1 aromatic carbocycles. The van der Waals surface area contributed by atoms with Crippen LogP contribution in [0.15, 0.2) is 18.5 Å². The molecule has 3 heterocycles. The van der Waals surface area contributed by atoms with Crippen molar-refractivity contribution in [1.82, 2.24) is 24.9 Å². The summed E-state index contributed by atoms with van der Waals surface area (Å²) in [5.41, 5.74) is 2.63. The van der Waals surface area contributed by atoms with E-state index in [4.69, 9.17) is 21.8 Å². The molecule has 0 atom stereocenters. The number of fused-ring (bicyclic) bond motifs is 3. The first-order chi connectivity index (χ1) is 10.8. The Hall–Kier alpha value is -2.43. The minimum atomic E-state index is 0.404. The monoisotopic (exact) mass is 313 g/mol. The van der Waals surface area contributed by atoms with Crippen LogP contribution in [-0.4, -0.2) is 45.8 Å². The summed E-state index contributed by atoms with van der Waals surface area (Å²) in [5, 5.41) is 21.1. The molecule has 8 heteroatoms. The summed E-state index contributed by atoms with van der Waals surface area (Å²) < 4.78 is 1.87. The molecule has 7 nitrogen and oxygen atoms in total. The number of halogens is 1. The molecule has 0 amide bonds. The third-order valence-electron chi connectivity index (χ3n) is 3.83. The average Bonchev–Trinajstić information content (AvgIpc) is 3.04. The second-order valence-electron chi connectivity index (χ2n) is 5.13. The summed E-state index contributed by atoms with van der Waals surface area (Å²) in [7, 11) is 0. The summed E-state index contributed by atoms with van der Waals surface area (Å²) in [6.45, 7) is 3.54. The number of aromatic nitrogens is 4. The van der Waals surface area contributed by atoms with Gasteiger partial charge in [0.2, 0.25) is 5.65 Å². The van der Waals surface area contributed by atoms with Gasteiger partial charge >= 0.3 is 0 Å². The number of nitrogens with one attached hydrogen (secondary N) is 1. The predicted octanol–water partition coefficient (Wildman–Crippen LogP) is 1.21. The van der Waals surface area contributed by atoms with E-state index in [0.717, 1.165) is 37.5 Å². The molecule has 0 saturated carbocycles. The van der Waals surface area contributed by atoms with Crippen molar-refractivity contribution in [2.24, 2.45) is 0 Å². The smallest absolute Gasteiger partial charge is 0.204 e. The van der Waals surface area contributed by atoms with Crippen molar-refractivity contribution in [2.75, 3.05) is 31.1 Å². The topological polar surface area (TPSA) is 82.1 Å². The van der Waals surface area contributed by atoms with Crippen LogP contribution in [0, 0.1) is 11.3 Å². The van der Waals surface area contributed by atoms with Gasteiger partial charge in [0.1, 0.15) is 12.4 Å². The Bertz CT molecular complexity index is 905. The Labute approximate surface area is 131 Å². The highest BCUT2D eigenvalue weighted by Crippen LogP contribution is 2.27. The maximum absolute atomic E-state index is 9.16. The number of hydrogen-bond donors (Lipinski definition) is 1. The van der Waals surface area contributed by atoms with Crippen LogP contribution in [0.3, 0.4) is 0 Å². The van der Waals surface area contributed by atoms with Gasteiger partial charge in [-0.3, -0.25) is 4.40 Å². The summed E-state index contributed by atoms with van der Waals surface area (Å²) >= 11 is 6.14. The SMILES string of the molecule is N#Cc1cc2nc(N3CCNCC3)c3nncn3c2cc1Cl. The number of nitriles is 1. The highest BCUT2D eigenvalue weighted by atomic mass is 35.5. The maximum atomic E-state index is 9.16. The molecule has 110 valence electrons. The van der Waals surface area contributed by atoms with Gasteiger partial charge in [0.25, 0.3) is 0 Å². The van der Waals surface area contributed by atoms with Crippen molar-refractivity contribution in [3.63, 3.8) is 0 Å². The maximum Gasteiger partial charge on any atom is 0.204 e. The highest BCUT2D eigenvalue weighted by molar-refractivity contribution is 6.32. The van der Waals surface area contributed by atoms with Crippen LogP contribution in [0.1, 0.15) is 5.56 Å². The lowest BCUT2D eigenvalue weighted by molar-refractivity contribution is 0.586. The fourth-order valence-electron chi connectivity index (χ4n) is 2.74. The van der Waals surface area contributed by atoms with Crippen LogP contribution < -0.4 is 10.2 Å². The van der Waals surface area contributed by atoms with Crippen LogP contribution in [0.5, 0.6) is 0 Å². The number of benzene rings is 1. The number of anilines is 1. The largest absolute Gasteiger partial charge is 0.351 e. The van der Waals surface area contributed by atoms with Crippen LogP contribution >= 0.6 is 11.6 Å². The van der Waals surface area contributed by atoms with E-state index in [1.807, 2.05) is 4.40 Å². The van der Waals surface area contributed by atoms with Gasteiger partial charge in [-0.25, -0.2) is 4.98 Å². The molecule has 0 radical (unpaired) electrons. The second-order valence-corrected chi connectivity index (χ2v) is 5.54. The lowest BCUT2D eigenvalue weighted by Gasteiger charge is -2.28. The molecule has 1 aliphatic heterocycles. The minimum Gasteiger partial charge on any atom is -0.351 e. The second kappa shape index (κ2) is 5.09. The van der Waals surface area contributed by atoms with Gasteiger partial charge in [-0.05, 0) is 12.1 Å². The molecule has 0 aliphatic carbocycles. The third kappa shape index (κ3) is 1.96. The Kier molecular flexibility index (Phi) is 3.06. The molecule has 2 aromatic heterocycles. The van der Waals surface area contributed by atoms with Gasteiger partial charge in [-0.2, -0.15) is 5.26 Å². The zero-order valence-electron chi connectivity index (χ0n) is 11.6. The Morgan fingerprint density at radius 2 is 2.09 bits per heavy atom. The van der Waals surface area contributed by atoms with E-state index in [1.54, 1.807) is 18.5 Å². The van der Waals surface area contributed by atoms with Gasteiger partial charge in [-0.1, -0.05) is 11.6 Å². The molecule has 0 unspecified atom stereocenters. The van der Waals surface area contributed by atoms with Crippen LogP contribution in [0.25, 0.3) is 16.7 Å². The molecule has 1 N–H and O–H groups in total. The van der Waals surface area contributed by atoms with Crippen molar-refractivity contribution in [2.45, 2.75) is 0 Å². The van der Waals surface area contributed by atoms with Gasteiger partial charge in [0.15, 0.2) is 5.82 Å². The van der Waals surface area contributed by atoms with Gasteiger partial charge in [0, 0.05) is 26.2 Å². The molecule has 0 spiro atoms. The molecule has 22 heavy (non-hydrogen) atoms. The summed E-state index contributed by atoms with van der Waals surface area (Å²) in [6.07, 6.45) is 1.65. The molecule has 1 fully saturated rings. The Morgan fingerprint density at radius 3 is 2.86 bits per heavy atom. The summed E-state index contributed by atoms with van der Waals surface area (Å²) in [4.78, 5) is 6.90. The molecular formula is C14H12ClN7. The van der Waals surface area contributed by atoms with E-state index in [0.29, 0.717) is 21.7 Å². The predicted molar refractivity (Wildman–Crippen MR) is 83.1 cm³/mol. The lowest BCUT2D eigenvalue weighted by atomic mass is 10.2. The van der Waals surface area contributed by atoms with Gasteiger partial charge in [0.05, 0.1) is 21.6 Å². The standard InChI is InChI=1S/C14H12ClN7/c15-10-6-12-11(5-9(10)7-16)19-13(14-20-18-8-22(12)14)21-3-1-17-2-4-21/h5-6,8,17H,1-4H2. The van der Waals surface area contributed by atoms with E-state index < -0.39 is 0 Å². The quantitative estimate of drug-likeness (QED) is 0.727. The van der Waals surface area contributed by atoms with Crippen molar-refractivity contribution < 1.29 is 0 Å². The number of hydrogen-bond acceptors (Lipinski definition) is 6. The van der Waals surface area contributed by atoms with Crippen molar-refractivity contribution in [3.8, 4) is 6.07 Å². The van der Waals surface area contributed by atoms with E-state index in [1.165, 1.54) is 0 Å². The van der Waals surface area contributed by atoms with Crippen molar-refractivity contribution in [3.05, 3.63) is 29.0 Å². The first-order valence-electron chi connectivity index (χ1n) is 6.96. The zero-order chi connectivity index (χ0) is 15.1. The fraction of sp³-hybridized carbons (Fsp3) is 0.286. The first kappa shape index (κ1) is 13.2. The number of rotatable bonds is 1. The molecular weight excluding hydrogens is 302 g/mol. The first-order valence-corrected chi connectivity index (χ1v) is 7.34. The summed E-state index contributed by atoms with van der Waals surface area (Å²) in [6, 6.07) is 5.54. The van der Waals surface area contributed by atoms with Gasteiger partial charge in [-0.15, -0.1) is 10.2 Å². The molecule has 1 saturated heterocycles. The highest BCUT2D eigenvalue weighted by Gasteiger charge is 2.19. The minimum absolute atomic E-state index is 0.404. The Balaban J connectivity index is 2.01. The van der Waals surface area contributed by atoms with E-state index in [-0.39, 0.29) is 0 Å². The lowest BCUT2D eigenvalue weighted by Crippen LogP contribution is -2.44. The van der Waals surface area contributed by atoms with Crippen LogP contribution in [0.2, 0.25) is 5.02 Å².